The molecule has 0 aliphatic rings. The molecule has 2 aromatic heterocycles. The maximum Gasteiger partial charge on any atom is 0.351 e. The molecule has 0 aliphatic heterocycles. The number of aromatic nitrogens is 4. The summed E-state index contributed by atoms with van der Waals surface area (Å²) in [5.74, 6) is 0.416. The molecule has 0 unspecified atom stereocenters. The van der Waals surface area contributed by atoms with Crippen LogP contribution in [-0.4, -0.2) is 19.9 Å². The minimum Gasteiger partial charge on any atom is -0.366 e. The van der Waals surface area contributed by atoms with Gasteiger partial charge in [-0.2, -0.15) is 9.97 Å². The van der Waals surface area contributed by atoms with Gasteiger partial charge in [0.1, 0.15) is 0 Å². The highest BCUT2D eigenvalue weighted by Crippen LogP contribution is 2.26. The van der Waals surface area contributed by atoms with Gasteiger partial charge < -0.3 is 15.6 Å². The largest absolute Gasteiger partial charge is 0.366 e. The second-order valence-electron chi connectivity index (χ2n) is 9.54. The van der Waals surface area contributed by atoms with Gasteiger partial charge in [-0.3, -0.25) is 9.78 Å². The molecular weight excluding hydrogens is 490 g/mol. The Morgan fingerprint density at radius 2 is 1.56 bits per heavy atom. The third-order valence-electron chi connectivity index (χ3n) is 6.63. The van der Waals surface area contributed by atoms with E-state index < -0.39 is 5.69 Å². The van der Waals surface area contributed by atoms with Crippen LogP contribution < -0.4 is 27.1 Å². The number of hydrogen-bond acceptors (Lipinski definition) is 7. The average molecular weight is 516 g/mol. The van der Waals surface area contributed by atoms with Crippen LogP contribution in [0.5, 0.6) is 0 Å². The van der Waals surface area contributed by atoms with Crippen molar-refractivity contribution in [3.8, 4) is 0 Å². The van der Waals surface area contributed by atoms with E-state index in [9.17, 15) is 9.59 Å². The van der Waals surface area contributed by atoms with Crippen LogP contribution in [-0.2, 0) is 0 Å². The van der Waals surface area contributed by atoms with Gasteiger partial charge in [-0.25, -0.2) is 9.79 Å². The molecule has 0 radical (unpaired) electrons. The molecule has 2 heterocycles. The van der Waals surface area contributed by atoms with E-state index in [2.05, 4.69) is 30.6 Å². The fraction of sp³-hybridized carbons (Fsp3) is 0.100. The summed E-state index contributed by atoms with van der Waals surface area (Å²) >= 11 is 0. The molecule has 0 amide bonds. The van der Waals surface area contributed by atoms with Crippen molar-refractivity contribution in [2.24, 2.45) is 4.99 Å². The number of anilines is 4. The number of H-pyrrole nitrogens is 2. The average Bonchev–Trinajstić information content (AvgIpc) is 2.90. The number of aromatic amines is 2. The lowest BCUT2D eigenvalue weighted by Gasteiger charge is -2.11. The van der Waals surface area contributed by atoms with E-state index >= 15 is 0 Å². The number of benzene rings is 4. The highest BCUT2D eigenvalue weighted by Gasteiger charge is 2.10. The van der Waals surface area contributed by atoms with Crippen LogP contribution in [0, 0.1) is 20.8 Å². The van der Waals surface area contributed by atoms with Crippen molar-refractivity contribution in [1.29, 1.82) is 0 Å². The summed E-state index contributed by atoms with van der Waals surface area (Å²) in [4.78, 5) is 44.2. The van der Waals surface area contributed by atoms with Crippen molar-refractivity contribution >= 4 is 50.5 Å². The fourth-order valence-corrected chi connectivity index (χ4v) is 4.70. The summed E-state index contributed by atoms with van der Waals surface area (Å²) in [5.41, 5.74) is 4.65. The standard InChI is InChI=1S/C30H25N7O2/c1-16-4-9-22(18(3)12-16)34-29-35-28(36-30(39)37-29)32-21-8-5-17(2)24(13-21)33-23-10-6-19-14-31-15-20-7-11-25(38)27(23)26(19)20/h4-15,31H,1-3H3,(H3,32,34,35,36,37,39). The molecule has 39 heavy (non-hydrogen) atoms. The van der Waals surface area contributed by atoms with Crippen molar-refractivity contribution in [3.05, 3.63) is 116 Å². The monoisotopic (exact) mass is 515 g/mol. The third kappa shape index (κ3) is 4.73. The first-order valence-electron chi connectivity index (χ1n) is 12.5. The van der Waals surface area contributed by atoms with Crippen molar-refractivity contribution in [1.82, 2.24) is 19.9 Å². The van der Waals surface area contributed by atoms with Crippen molar-refractivity contribution in [2.45, 2.75) is 20.8 Å². The zero-order valence-corrected chi connectivity index (χ0v) is 21.6. The van der Waals surface area contributed by atoms with E-state index in [0.29, 0.717) is 22.1 Å². The SMILES string of the molecule is Cc1ccc(Nc2nc(Nc3ccc(C)c(N=c4ccc5c[nH]cc6ccc(=O)c4c65)c3)[nH]c(=O)n2)c(C)c1. The lowest BCUT2D eigenvalue weighted by atomic mass is 10.0. The Labute approximate surface area is 222 Å². The minimum absolute atomic E-state index is 0.0765. The molecular formula is C30H25N7O2. The molecule has 0 bridgehead atoms. The van der Waals surface area contributed by atoms with E-state index in [1.54, 1.807) is 6.07 Å². The fourth-order valence-electron chi connectivity index (χ4n) is 4.70. The Kier molecular flexibility index (Phi) is 5.88. The summed E-state index contributed by atoms with van der Waals surface area (Å²) < 4.78 is 0. The zero-order chi connectivity index (χ0) is 27.1. The summed E-state index contributed by atoms with van der Waals surface area (Å²) in [6, 6.07) is 18.8. The van der Waals surface area contributed by atoms with Gasteiger partial charge in [0, 0.05) is 29.2 Å². The highest BCUT2D eigenvalue weighted by atomic mass is 16.1. The molecule has 0 aliphatic carbocycles. The van der Waals surface area contributed by atoms with Crippen molar-refractivity contribution < 1.29 is 0 Å². The summed E-state index contributed by atoms with van der Waals surface area (Å²) in [7, 11) is 0. The Balaban J connectivity index is 1.37. The molecule has 9 heteroatoms. The Morgan fingerprint density at radius 1 is 0.769 bits per heavy atom. The molecule has 9 nitrogen and oxygen atoms in total. The van der Waals surface area contributed by atoms with Crippen LogP contribution in [0.1, 0.15) is 16.7 Å². The predicted octanol–water partition coefficient (Wildman–Crippen LogP) is 5.24. The maximum atomic E-state index is 12.9. The van der Waals surface area contributed by atoms with Crippen LogP contribution in [0.3, 0.4) is 0 Å². The summed E-state index contributed by atoms with van der Waals surface area (Å²) in [6.45, 7) is 5.95. The summed E-state index contributed by atoms with van der Waals surface area (Å²) in [5, 5.41) is 10.2. The van der Waals surface area contributed by atoms with E-state index in [1.165, 1.54) is 0 Å². The second-order valence-corrected chi connectivity index (χ2v) is 9.54. The van der Waals surface area contributed by atoms with E-state index in [1.807, 2.05) is 87.8 Å². The van der Waals surface area contributed by atoms with Crippen LogP contribution >= 0.6 is 0 Å². The smallest absolute Gasteiger partial charge is 0.351 e. The van der Waals surface area contributed by atoms with Gasteiger partial charge in [-0.1, -0.05) is 29.8 Å². The molecule has 0 saturated carbocycles. The number of pyridine rings is 1. The van der Waals surface area contributed by atoms with Crippen molar-refractivity contribution in [2.75, 3.05) is 10.6 Å². The van der Waals surface area contributed by atoms with Gasteiger partial charge in [0.2, 0.25) is 11.9 Å². The predicted molar refractivity (Wildman–Crippen MR) is 155 cm³/mol. The van der Waals surface area contributed by atoms with Gasteiger partial charge in [0.25, 0.3) is 0 Å². The number of rotatable bonds is 5. The van der Waals surface area contributed by atoms with Crippen molar-refractivity contribution in [3.63, 3.8) is 0 Å². The lowest BCUT2D eigenvalue weighted by Crippen LogP contribution is -2.16. The molecule has 4 aromatic carbocycles. The van der Waals surface area contributed by atoms with E-state index in [-0.39, 0.29) is 17.3 Å². The topological polar surface area (TPSA) is 128 Å². The molecule has 0 spiro atoms. The van der Waals surface area contributed by atoms with Crippen LogP contribution in [0.25, 0.3) is 21.5 Å². The zero-order valence-electron chi connectivity index (χ0n) is 21.6. The highest BCUT2D eigenvalue weighted by molar-refractivity contribution is 6.09. The molecule has 192 valence electrons. The number of hydrogen-bond donors (Lipinski definition) is 4. The first-order chi connectivity index (χ1) is 18.8. The first kappa shape index (κ1) is 24.1. The molecule has 0 fully saturated rings. The van der Waals surface area contributed by atoms with Gasteiger partial charge in [-0.15, -0.1) is 0 Å². The molecule has 4 N–H and O–H groups in total. The van der Waals surface area contributed by atoms with Gasteiger partial charge in [0.15, 0.2) is 5.43 Å². The number of nitrogens with zero attached hydrogens (tertiary/aromatic N) is 3. The third-order valence-corrected chi connectivity index (χ3v) is 6.63. The summed E-state index contributed by atoms with van der Waals surface area (Å²) in [6.07, 6.45) is 3.75. The normalized spacial score (nSPS) is 11.8. The Morgan fingerprint density at radius 3 is 2.36 bits per heavy atom. The van der Waals surface area contributed by atoms with Gasteiger partial charge >= 0.3 is 5.69 Å². The van der Waals surface area contributed by atoms with E-state index in [4.69, 9.17) is 4.99 Å². The van der Waals surface area contributed by atoms with E-state index in [0.717, 1.165) is 38.5 Å². The molecule has 0 saturated heterocycles. The van der Waals surface area contributed by atoms with Crippen LogP contribution in [0.4, 0.5) is 29.0 Å². The molecule has 0 atom stereocenters. The maximum absolute atomic E-state index is 12.9. The Bertz CT molecular complexity index is 2050. The van der Waals surface area contributed by atoms with Crippen LogP contribution in [0.2, 0.25) is 0 Å². The quantitative estimate of drug-likeness (QED) is 0.249. The number of aryl methyl sites for hydroxylation is 3. The molecule has 6 aromatic rings. The van der Waals surface area contributed by atoms with Crippen LogP contribution in [0.15, 0.2) is 87.6 Å². The minimum atomic E-state index is -0.535. The first-order valence-corrected chi connectivity index (χ1v) is 12.5. The van der Waals surface area contributed by atoms with Gasteiger partial charge in [-0.05, 0) is 79.1 Å². The second kappa shape index (κ2) is 9.53. The van der Waals surface area contributed by atoms with Gasteiger partial charge in [0.05, 0.1) is 16.4 Å². The number of nitrogens with one attached hydrogen (secondary N) is 4. The lowest BCUT2D eigenvalue weighted by molar-refractivity contribution is 1.000. The molecule has 6 rings (SSSR count). The Hall–Kier alpha value is -5.31.